The Kier molecular flexibility index (Phi) is 3.12. The maximum atomic E-state index is 11.3. The molecule has 94 valence electrons. The van der Waals surface area contributed by atoms with Crippen molar-refractivity contribution in [3.05, 3.63) is 23.9 Å². The largest absolute Gasteiger partial charge is 0.369 e. The van der Waals surface area contributed by atoms with E-state index in [1.54, 1.807) is 0 Å². The average Bonchev–Trinajstić information content (AvgIpc) is 2.93. The van der Waals surface area contributed by atoms with Gasteiger partial charge in [0, 0.05) is 23.9 Å². The van der Waals surface area contributed by atoms with Crippen LogP contribution in [0.2, 0.25) is 0 Å². The number of aryl methyl sites for hydroxylation is 1. The van der Waals surface area contributed by atoms with E-state index < -0.39 is 9.84 Å². The molecular weight excluding hydrogens is 236 g/mol. The summed E-state index contributed by atoms with van der Waals surface area (Å²) in [5.74, 6) is 1.10. The van der Waals surface area contributed by atoms with Gasteiger partial charge in [-0.25, -0.2) is 13.4 Å². The Morgan fingerprint density at radius 1 is 1.41 bits per heavy atom. The van der Waals surface area contributed by atoms with Crippen LogP contribution in [-0.4, -0.2) is 32.0 Å². The van der Waals surface area contributed by atoms with Crippen LogP contribution in [0.1, 0.15) is 18.5 Å². The summed E-state index contributed by atoms with van der Waals surface area (Å²) in [7, 11) is -2.89. The fourth-order valence-electron chi connectivity index (χ4n) is 2.02. The Hall–Kier alpha value is -1.10. The predicted octanol–water partition coefficient (Wildman–Crippen LogP) is 1.63. The molecule has 4 nitrogen and oxygen atoms in total. The molecule has 1 aliphatic rings. The van der Waals surface area contributed by atoms with Crippen molar-refractivity contribution in [2.24, 2.45) is 5.41 Å². The molecule has 0 bridgehead atoms. The van der Waals surface area contributed by atoms with E-state index in [0.29, 0.717) is 6.54 Å². The molecule has 0 spiro atoms. The van der Waals surface area contributed by atoms with Gasteiger partial charge >= 0.3 is 0 Å². The summed E-state index contributed by atoms with van der Waals surface area (Å²) in [6.07, 6.45) is 3.27. The summed E-state index contributed by atoms with van der Waals surface area (Å²) in [6, 6.07) is 5.79. The molecule has 1 heterocycles. The molecule has 1 aliphatic carbocycles. The summed E-state index contributed by atoms with van der Waals surface area (Å²) in [6.45, 7) is 2.63. The molecule has 1 aromatic rings. The van der Waals surface area contributed by atoms with Crippen LogP contribution in [0.3, 0.4) is 0 Å². The molecule has 0 saturated heterocycles. The van der Waals surface area contributed by atoms with Gasteiger partial charge in [-0.05, 0) is 31.9 Å². The average molecular weight is 254 g/mol. The lowest BCUT2D eigenvalue weighted by Crippen LogP contribution is -2.24. The Bertz CT molecular complexity index is 507. The highest BCUT2D eigenvalue weighted by Gasteiger charge is 2.44. The third kappa shape index (κ3) is 3.70. The second-order valence-corrected chi connectivity index (χ2v) is 7.23. The van der Waals surface area contributed by atoms with Crippen LogP contribution >= 0.6 is 0 Å². The van der Waals surface area contributed by atoms with Crippen molar-refractivity contribution in [3.63, 3.8) is 0 Å². The highest BCUT2D eigenvalue weighted by Crippen LogP contribution is 2.46. The molecule has 1 N–H and O–H groups in total. The maximum absolute atomic E-state index is 11.3. The first-order valence-electron chi connectivity index (χ1n) is 5.74. The molecule has 2 rings (SSSR count). The molecule has 1 fully saturated rings. The molecule has 0 aromatic carbocycles. The lowest BCUT2D eigenvalue weighted by molar-refractivity contribution is 0.560. The normalized spacial score (nSPS) is 17.8. The molecule has 5 heteroatoms. The highest BCUT2D eigenvalue weighted by molar-refractivity contribution is 7.90. The van der Waals surface area contributed by atoms with E-state index in [1.165, 1.54) is 6.26 Å². The van der Waals surface area contributed by atoms with Crippen LogP contribution < -0.4 is 5.32 Å². The van der Waals surface area contributed by atoms with E-state index in [1.807, 2.05) is 25.1 Å². The number of hydrogen-bond donors (Lipinski definition) is 1. The highest BCUT2D eigenvalue weighted by atomic mass is 32.2. The number of hydrogen-bond acceptors (Lipinski definition) is 4. The first-order valence-corrected chi connectivity index (χ1v) is 7.80. The zero-order valence-electron chi connectivity index (χ0n) is 10.2. The van der Waals surface area contributed by atoms with Gasteiger partial charge in [0.2, 0.25) is 0 Å². The number of aromatic nitrogens is 1. The molecular formula is C12H18N2O2S. The monoisotopic (exact) mass is 254 g/mol. The Balaban J connectivity index is 1.95. The second-order valence-electron chi connectivity index (χ2n) is 5.09. The summed E-state index contributed by atoms with van der Waals surface area (Å²) in [5, 5.41) is 3.24. The third-order valence-corrected chi connectivity index (χ3v) is 4.20. The molecule has 1 aromatic heterocycles. The van der Waals surface area contributed by atoms with E-state index in [4.69, 9.17) is 0 Å². The molecule has 1 saturated carbocycles. The molecule has 0 atom stereocenters. The van der Waals surface area contributed by atoms with Gasteiger partial charge in [-0.3, -0.25) is 0 Å². The number of rotatable bonds is 5. The van der Waals surface area contributed by atoms with Crippen LogP contribution in [0.25, 0.3) is 0 Å². The van der Waals surface area contributed by atoms with E-state index in [-0.39, 0.29) is 11.2 Å². The van der Waals surface area contributed by atoms with E-state index in [9.17, 15) is 8.42 Å². The number of anilines is 1. The quantitative estimate of drug-likeness (QED) is 0.867. The first-order chi connectivity index (χ1) is 7.89. The maximum Gasteiger partial charge on any atom is 0.148 e. The van der Waals surface area contributed by atoms with Crippen LogP contribution in [0.4, 0.5) is 5.82 Å². The SMILES string of the molecule is Cc1cccc(NCC2(CS(C)(=O)=O)CC2)n1. The number of nitrogens with one attached hydrogen (secondary N) is 1. The van der Waals surface area contributed by atoms with Gasteiger partial charge < -0.3 is 5.32 Å². The van der Waals surface area contributed by atoms with Crippen molar-refractivity contribution in [2.45, 2.75) is 19.8 Å². The lowest BCUT2D eigenvalue weighted by Gasteiger charge is -2.15. The van der Waals surface area contributed by atoms with Gasteiger partial charge in [-0.1, -0.05) is 6.07 Å². The summed E-state index contributed by atoms with van der Waals surface area (Å²) in [4.78, 5) is 4.34. The van der Waals surface area contributed by atoms with Crippen molar-refractivity contribution in [1.29, 1.82) is 0 Å². The predicted molar refractivity (Wildman–Crippen MR) is 68.8 cm³/mol. The van der Waals surface area contributed by atoms with Gasteiger partial charge in [0.1, 0.15) is 15.7 Å². The lowest BCUT2D eigenvalue weighted by atomic mass is 10.1. The molecule has 0 radical (unpaired) electrons. The summed E-state index contributed by atoms with van der Waals surface area (Å²) < 4.78 is 22.6. The van der Waals surface area contributed by atoms with Crippen LogP contribution in [-0.2, 0) is 9.84 Å². The van der Waals surface area contributed by atoms with Crippen molar-refractivity contribution in [3.8, 4) is 0 Å². The molecule has 0 unspecified atom stereocenters. The van der Waals surface area contributed by atoms with Crippen LogP contribution in [0, 0.1) is 12.3 Å². The van der Waals surface area contributed by atoms with Crippen LogP contribution in [0.5, 0.6) is 0 Å². The van der Waals surface area contributed by atoms with Crippen molar-refractivity contribution in [1.82, 2.24) is 4.98 Å². The standard InChI is InChI=1S/C12H18N2O2S/c1-10-4-3-5-11(14-10)13-8-12(6-7-12)9-17(2,15)16/h3-5H,6-9H2,1-2H3,(H,13,14). The topological polar surface area (TPSA) is 59.1 Å². The first kappa shape index (κ1) is 12.4. The summed E-state index contributed by atoms with van der Waals surface area (Å²) in [5.41, 5.74) is 0.905. The Labute approximate surface area is 102 Å². The van der Waals surface area contributed by atoms with Gasteiger partial charge in [0.15, 0.2) is 0 Å². The van der Waals surface area contributed by atoms with Gasteiger partial charge in [-0.2, -0.15) is 0 Å². The number of sulfone groups is 1. The zero-order chi connectivity index (χ0) is 12.5. The molecule has 0 amide bonds. The van der Waals surface area contributed by atoms with Gasteiger partial charge in [0.25, 0.3) is 0 Å². The minimum atomic E-state index is -2.89. The molecule has 17 heavy (non-hydrogen) atoms. The molecule has 0 aliphatic heterocycles. The van der Waals surface area contributed by atoms with E-state index >= 15 is 0 Å². The fourth-order valence-corrected chi connectivity index (χ4v) is 3.53. The summed E-state index contributed by atoms with van der Waals surface area (Å²) >= 11 is 0. The van der Waals surface area contributed by atoms with Crippen molar-refractivity contribution < 1.29 is 8.42 Å². The van der Waals surface area contributed by atoms with Gasteiger partial charge in [-0.15, -0.1) is 0 Å². The fraction of sp³-hybridized carbons (Fsp3) is 0.583. The third-order valence-electron chi connectivity index (χ3n) is 3.06. The van der Waals surface area contributed by atoms with Crippen molar-refractivity contribution >= 4 is 15.7 Å². The van der Waals surface area contributed by atoms with Gasteiger partial charge in [0.05, 0.1) is 5.75 Å². The number of pyridine rings is 1. The minimum Gasteiger partial charge on any atom is -0.369 e. The second kappa shape index (κ2) is 4.29. The Morgan fingerprint density at radius 2 is 2.12 bits per heavy atom. The zero-order valence-corrected chi connectivity index (χ0v) is 11.0. The minimum absolute atomic E-state index is 0.0565. The Morgan fingerprint density at radius 3 is 2.65 bits per heavy atom. The number of nitrogens with zero attached hydrogens (tertiary/aromatic N) is 1. The van der Waals surface area contributed by atoms with E-state index in [2.05, 4.69) is 10.3 Å². The van der Waals surface area contributed by atoms with Crippen molar-refractivity contribution in [2.75, 3.05) is 23.9 Å². The van der Waals surface area contributed by atoms with Crippen LogP contribution in [0.15, 0.2) is 18.2 Å². The van der Waals surface area contributed by atoms with E-state index in [0.717, 1.165) is 24.4 Å². The smallest absolute Gasteiger partial charge is 0.148 e.